The van der Waals surface area contributed by atoms with Crippen molar-refractivity contribution >= 4 is 12.2 Å². The van der Waals surface area contributed by atoms with Crippen molar-refractivity contribution in [2.24, 2.45) is 17.4 Å². The van der Waals surface area contributed by atoms with Gasteiger partial charge in [0.15, 0.2) is 0 Å². The fourth-order valence-corrected chi connectivity index (χ4v) is 0.926. The summed E-state index contributed by atoms with van der Waals surface area (Å²) in [6, 6.07) is 0. The summed E-state index contributed by atoms with van der Waals surface area (Å²) in [5.41, 5.74) is 9.43. The highest BCUT2D eigenvalue weighted by atomic mass is 16.7. The third-order valence-corrected chi connectivity index (χ3v) is 2.04. The number of ether oxygens (including phenoxy) is 2. The quantitative estimate of drug-likeness (QED) is 0.445. The van der Waals surface area contributed by atoms with Crippen LogP contribution in [0.4, 0.5) is 9.59 Å². The Kier molecular flexibility index (Phi) is 5.54. The summed E-state index contributed by atoms with van der Waals surface area (Å²) in [5, 5.41) is 18.8. The van der Waals surface area contributed by atoms with Crippen LogP contribution in [-0.2, 0) is 9.47 Å². The Morgan fingerprint density at radius 3 is 1.69 bits per heavy atom. The van der Waals surface area contributed by atoms with Crippen LogP contribution in [0.1, 0.15) is 13.8 Å². The molecule has 0 heterocycles. The van der Waals surface area contributed by atoms with Gasteiger partial charge in [0.2, 0.25) is 0 Å². The fourth-order valence-electron chi connectivity index (χ4n) is 0.926. The van der Waals surface area contributed by atoms with Gasteiger partial charge in [0, 0.05) is 5.92 Å². The first-order valence-corrected chi connectivity index (χ1v) is 4.54. The van der Waals surface area contributed by atoms with Gasteiger partial charge < -0.3 is 31.2 Å². The summed E-state index contributed by atoms with van der Waals surface area (Å²) < 4.78 is 8.70. The first kappa shape index (κ1) is 14.5. The Bertz CT molecular complexity index is 241. The lowest BCUT2D eigenvalue weighted by Crippen LogP contribution is -2.44. The van der Waals surface area contributed by atoms with E-state index in [4.69, 9.17) is 11.5 Å². The molecule has 94 valence electrons. The molecule has 0 aliphatic rings. The highest BCUT2D eigenvalue weighted by molar-refractivity contribution is 5.66. The molecule has 0 spiro atoms. The number of primary amides is 2. The third kappa shape index (κ3) is 4.80. The molecule has 16 heavy (non-hydrogen) atoms. The number of carbonyl (C=O) groups is 2. The predicted molar refractivity (Wildman–Crippen MR) is 52.0 cm³/mol. The summed E-state index contributed by atoms with van der Waals surface area (Å²) >= 11 is 0. The van der Waals surface area contributed by atoms with Crippen LogP contribution in [0.25, 0.3) is 0 Å². The Morgan fingerprint density at radius 1 is 1.06 bits per heavy atom. The summed E-state index contributed by atoms with van der Waals surface area (Å²) in [5.74, 6) is -0.705. The molecular weight excluding hydrogens is 220 g/mol. The van der Waals surface area contributed by atoms with E-state index in [-0.39, 0.29) is 0 Å². The Morgan fingerprint density at radius 2 is 1.44 bits per heavy atom. The van der Waals surface area contributed by atoms with E-state index in [2.05, 4.69) is 9.47 Å². The van der Waals surface area contributed by atoms with Gasteiger partial charge in [0.1, 0.15) is 6.10 Å². The van der Waals surface area contributed by atoms with Crippen LogP contribution in [0.5, 0.6) is 0 Å². The zero-order chi connectivity index (χ0) is 12.9. The summed E-state index contributed by atoms with van der Waals surface area (Å²) in [4.78, 5) is 21.0. The molecule has 3 unspecified atom stereocenters. The normalized spacial score (nSPS) is 16.3. The fraction of sp³-hybridized carbons (Fsp3) is 0.750. The molecule has 8 heteroatoms. The predicted octanol–water partition coefficient (Wildman–Crippen LogP) is -1.12. The van der Waals surface area contributed by atoms with E-state index in [0.717, 1.165) is 0 Å². The third-order valence-electron chi connectivity index (χ3n) is 2.04. The molecule has 0 bridgehead atoms. The molecule has 0 fully saturated rings. The number of hydrogen-bond donors (Lipinski definition) is 4. The van der Waals surface area contributed by atoms with Crippen LogP contribution < -0.4 is 11.5 Å². The minimum atomic E-state index is -1.64. The first-order chi connectivity index (χ1) is 7.25. The zero-order valence-electron chi connectivity index (χ0n) is 8.99. The molecule has 3 atom stereocenters. The molecule has 0 aromatic rings. The van der Waals surface area contributed by atoms with Crippen LogP contribution in [0.15, 0.2) is 0 Å². The number of aliphatic hydroxyl groups excluding tert-OH is 2. The van der Waals surface area contributed by atoms with Gasteiger partial charge >= 0.3 is 12.2 Å². The number of carbonyl (C=O) groups excluding carboxylic acids is 2. The molecule has 0 aromatic carbocycles. The minimum Gasteiger partial charge on any atom is -0.406 e. The molecule has 8 nitrogen and oxygen atoms in total. The highest BCUT2D eigenvalue weighted by Gasteiger charge is 2.32. The maximum atomic E-state index is 10.5. The molecule has 0 rings (SSSR count). The standard InChI is InChI=1S/C8H16N2O6/c1-3(4(2)11)5(12)6(15-7(9)13)16-8(10)14/h3-6,11-12H,1-2H3,(H2,9,13)(H2,10,14). The van der Waals surface area contributed by atoms with Gasteiger partial charge in [-0.05, 0) is 6.92 Å². The molecule has 6 N–H and O–H groups in total. The van der Waals surface area contributed by atoms with Crippen molar-refractivity contribution in [1.29, 1.82) is 0 Å². The average molecular weight is 236 g/mol. The Labute approximate surface area is 92.1 Å². The van der Waals surface area contributed by atoms with Gasteiger partial charge in [-0.2, -0.15) is 0 Å². The number of nitrogens with two attached hydrogens (primary N) is 2. The molecular formula is C8H16N2O6. The van der Waals surface area contributed by atoms with Crippen LogP contribution in [-0.4, -0.2) is 40.9 Å². The van der Waals surface area contributed by atoms with Gasteiger partial charge in [-0.3, -0.25) is 0 Å². The summed E-state index contributed by atoms with van der Waals surface area (Å²) in [7, 11) is 0. The lowest BCUT2D eigenvalue weighted by molar-refractivity contribution is -0.150. The topological polar surface area (TPSA) is 145 Å². The minimum absolute atomic E-state index is 0.705. The van der Waals surface area contributed by atoms with Crippen molar-refractivity contribution in [3.63, 3.8) is 0 Å². The van der Waals surface area contributed by atoms with Gasteiger partial charge in [0.05, 0.1) is 6.10 Å². The molecule has 0 radical (unpaired) electrons. The smallest absolute Gasteiger partial charge is 0.406 e. The largest absolute Gasteiger partial charge is 0.407 e. The molecule has 0 saturated carbocycles. The number of amides is 2. The van der Waals surface area contributed by atoms with Crippen molar-refractivity contribution < 1.29 is 29.3 Å². The molecule has 2 amide bonds. The average Bonchev–Trinajstić information content (AvgIpc) is 2.12. The Balaban J connectivity index is 4.60. The van der Waals surface area contributed by atoms with Gasteiger partial charge in [0.25, 0.3) is 6.29 Å². The van der Waals surface area contributed by atoms with E-state index >= 15 is 0 Å². The second-order valence-electron chi connectivity index (χ2n) is 3.33. The highest BCUT2D eigenvalue weighted by Crippen LogP contribution is 2.15. The van der Waals surface area contributed by atoms with E-state index in [0.29, 0.717) is 0 Å². The van der Waals surface area contributed by atoms with Crippen molar-refractivity contribution in [1.82, 2.24) is 0 Å². The van der Waals surface area contributed by atoms with Crippen molar-refractivity contribution in [2.45, 2.75) is 32.3 Å². The van der Waals surface area contributed by atoms with E-state index < -0.39 is 36.6 Å². The van der Waals surface area contributed by atoms with Crippen molar-refractivity contribution in [3.05, 3.63) is 0 Å². The maximum absolute atomic E-state index is 10.5. The maximum Gasteiger partial charge on any atom is 0.407 e. The summed E-state index contributed by atoms with van der Waals surface area (Å²) in [6.45, 7) is 2.89. The van der Waals surface area contributed by atoms with Crippen LogP contribution in [0, 0.1) is 5.92 Å². The van der Waals surface area contributed by atoms with E-state index in [1.807, 2.05) is 0 Å². The van der Waals surface area contributed by atoms with Gasteiger partial charge in [-0.25, -0.2) is 9.59 Å². The van der Waals surface area contributed by atoms with Gasteiger partial charge in [-0.15, -0.1) is 0 Å². The lowest BCUT2D eigenvalue weighted by atomic mass is 9.99. The molecule has 0 aromatic heterocycles. The van der Waals surface area contributed by atoms with Crippen molar-refractivity contribution in [3.8, 4) is 0 Å². The van der Waals surface area contributed by atoms with Crippen LogP contribution >= 0.6 is 0 Å². The number of rotatable bonds is 5. The van der Waals surface area contributed by atoms with Crippen LogP contribution in [0.3, 0.4) is 0 Å². The van der Waals surface area contributed by atoms with Crippen molar-refractivity contribution in [2.75, 3.05) is 0 Å². The number of hydrogen-bond acceptors (Lipinski definition) is 6. The van der Waals surface area contributed by atoms with Gasteiger partial charge in [-0.1, -0.05) is 6.92 Å². The summed E-state index contributed by atoms with van der Waals surface area (Å²) in [6.07, 6.45) is -6.43. The molecule has 0 aliphatic heterocycles. The first-order valence-electron chi connectivity index (χ1n) is 4.54. The van der Waals surface area contributed by atoms with Crippen LogP contribution in [0.2, 0.25) is 0 Å². The Hall–Kier alpha value is -1.54. The van der Waals surface area contributed by atoms with E-state index in [1.54, 1.807) is 0 Å². The second-order valence-corrected chi connectivity index (χ2v) is 3.33. The monoisotopic (exact) mass is 236 g/mol. The lowest BCUT2D eigenvalue weighted by Gasteiger charge is -2.27. The molecule has 0 aliphatic carbocycles. The van der Waals surface area contributed by atoms with E-state index in [1.165, 1.54) is 13.8 Å². The second kappa shape index (κ2) is 6.13. The SMILES string of the molecule is CC(O)C(C)C(O)C(OC(N)=O)OC(N)=O. The van der Waals surface area contributed by atoms with E-state index in [9.17, 15) is 19.8 Å². The number of aliphatic hydroxyl groups is 2. The molecule has 0 saturated heterocycles. The zero-order valence-corrected chi connectivity index (χ0v) is 8.99.